The maximum Gasteiger partial charge on any atom is 0.121 e. The van der Waals surface area contributed by atoms with E-state index in [1.165, 1.54) is 0 Å². The molecule has 0 heterocycles. The van der Waals surface area contributed by atoms with Gasteiger partial charge in [0.15, 0.2) is 0 Å². The number of nitrogens with zero attached hydrogens (tertiary/aromatic N) is 3. The van der Waals surface area contributed by atoms with Crippen molar-refractivity contribution in [2.45, 2.75) is 33.3 Å². The van der Waals surface area contributed by atoms with E-state index in [1.54, 1.807) is 27.0 Å². The summed E-state index contributed by atoms with van der Waals surface area (Å²) < 4.78 is 21.5. The predicted molar refractivity (Wildman–Crippen MR) is 116 cm³/mol. The zero-order valence-corrected chi connectivity index (χ0v) is 18.8. The molecule has 1 aromatic rings. The SMILES string of the molecule is CCN(CC)N=Nc1cc(OCCOCCOCCOC)ccc1C#CC(C)(C)O. The van der Waals surface area contributed by atoms with Crippen LogP contribution in [0.5, 0.6) is 5.75 Å². The molecule has 0 saturated heterocycles. The highest BCUT2D eigenvalue weighted by Gasteiger charge is 2.08. The Balaban J connectivity index is 2.67. The van der Waals surface area contributed by atoms with Gasteiger partial charge in [-0.15, -0.1) is 5.11 Å². The first-order valence-corrected chi connectivity index (χ1v) is 10.2. The van der Waals surface area contributed by atoms with Crippen molar-refractivity contribution in [3.05, 3.63) is 23.8 Å². The quantitative estimate of drug-likeness (QED) is 0.215. The summed E-state index contributed by atoms with van der Waals surface area (Å²) in [5, 5.41) is 20.3. The standard InChI is InChI=1S/C22H35N3O5/c1-6-25(7-2)24-23-21-18-20(9-8-19(21)10-11-22(3,4)26)30-17-16-29-15-14-28-13-12-27-5/h8-9,18,26H,6-7,12-17H2,1-5H3. The fourth-order valence-corrected chi connectivity index (χ4v) is 2.15. The highest BCUT2D eigenvalue weighted by atomic mass is 16.6. The molecular weight excluding hydrogens is 386 g/mol. The fourth-order valence-electron chi connectivity index (χ4n) is 2.15. The molecule has 30 heavy (non-hydrogen) atoms. The number of ether oxygens (including phenoxy) is 4. The summed E-state index contributed by atoms with van der Waals surface area (Å²) >= 11 is 0. The van der Waals surface area contributed by atoms with Crippen molar-refractivity contribution in [1.29, 1.82) is 0 Å². The van der Waals surface area contributed by atoms with E-state index in [0.29, 0.717) is 56.6 Å². The van der Waals surface area contributed by atoms with Crippen molar-refractivity contribution in [3.63, 3.8) is 0 Å². The minimum absolute atomic E-state index is 0.402. The maximum absolute atomic E-state index is 9.88. The number of rotatable bonds is 14. The lowest BCUT2D eigenvalue weighted by Crippen LogP contribution is -2.15. The van der Waals surface area contributed by atoms with E-state index < -0.39 is 5.60 Å². The zero-order chi connectivity index (χ0) is 22.2. The van der Waals surface area contributed by atoms with Crippen LogP contribution in [0.25, 0.3) is 0 Å². The van der Waals surface area contributed by atoms with Crippen molar-refractivity contribution in [1.82, 2.24) is 5.01 Å². The second-order valence-corrected chi connectivity index (χ2v) is 6.88. The van der Waals surface area contributed by atoms with Gasteiger partial charge < -0.3 is 24.1 Å². The topological polar surface area (TPSA) is 85.1 Å². The summed E-state index contributed by atoms with van der Waals surface area (Å²) in [7, 11) is 1.64. The smallest absolute Gasteiger partial charge is 0.121 e. The van der Waals surface area contributed by atoms with Gasteiger partial charge in [0.25, 0.3) is 0 Å². The van der Waals surface area contributed by atoms with E-state index in [0.717, 1.165) is 13.1 Å². The van der Waals surface area contributed by atoms with E-state index in [2.05, 4.69) is 22.2 Å². The normalized spacial score (nSPS) is 11.4. The van der Waals surface area contributed by atoms with Crippen LogP contribution in [0, 0.1) is 11.8 Å². The molecule has 0 aliphatic carbocycles. The van der Waals surface area contributed by atoms with Gasteiger partial charge in [-0.2, -0.15) is 0 Å². The summed E-state index contributed by atoms with van der Waals surface area (Å²) in [5.74, 6) is 6.43. The molecule has 0 aliphatic heterocycles. The van der Waals surface area contributed by atoms with E-state index in [1.807, 2.05) is 31.0 Å². The first kappa shape index (κ1) is 25.9. The Labute approximate surface area is 180 Å². The zero-order valence-electron chi connectivity index (χ0n) is 18.8. The molecule has 0 unspecified atom stereocenters. The highest BCUT2D eigenvalue weighted by molar-refractivity contribution is 5.58. The Bertz CT molecular complexity index is 688. The largest absolute Gasteiger partial charge is 0.491 e. The average Bonchev–Trinajstić information content (AvgIpc) is 2.72. The lowest BCUT2D eigenvalue weighted by atomic mass is 10.1. The van der Waals surface area contributed by atoms with Crippen LogP contribution in [0.3, 0.4) is 0 Å². The van der Waals surface area contributed by atoms with Crippen LogP contribution in [-0.4, -0.2) is 75.6 Å². The third-order valence-corrected chi connectivity index (χ3v) is 3.78. The molecule has 0 bridgehead atoms. The van der Waals surface area contributed by atoms with Crippen LogP contribution >= 0.6 is 0 Å². The molecule has 0 atom stereocenters. The minimum Gasteiger partial charge on any atom is -0.491 e. The van der Waals surface area contributed by atoms with Crippen LogP contribution in [0.4, 0.5) is 5.69 Å². The Hall–Kier alpha value is -2.18. The van der Waals surface area contributed by atoms with Crippen molar-refractivity contribution < 1.29 is 24.1 Å². The number of aliphatic hydroxyl groups is 1. The average molecular weight is 422 g/mol. The number of methoxy groups -OCH3 is 1. The molecule has 1 rings (SSSR count). The minimum atomic E-state index is -1.09. The molecule has 8 nitrogen and oxygen atoms in total. The number of hydrogen-bond acceptors (Lipinski definition) is 7. The van der Waals surface area contributed by atoms with Gasteiger partial charge in [-0.1, -0.05) is 17.1 Å². The predicted octanol–water partition coefficient (Wildman–Crippen LogP) is 3.21. The lowest BCUT2D eigenvalue weighted by molar-refractivity contribution is 0.0180. The summed E-state index contributed by atoms with van der Waals surface area (Å²) in [4.78, 5) is 0. The van der Waals surface area contributed by atoms with Crippen LogP contribution < -0.4 is 4.74 Å². The number of hydrogen-bond donors (Lipinski definition) is 1. The molecule has 0 aliphatic rings. The molecule has 1 N–H and O–H groups in total. The lowest BCUT2D eigenvalue weighted by Gasteiger charge is -2.12. The van der Waals surface area contributed by atoms with E-state index in [9.17, 15) is 5.11 Å². The van der Waals surface area contributed by atoms with Crippen LogP contribution in [0.15, 0.2) is 28.5 Å². The van der Waals surface area contributed by atoms with Crippen molar-refractivity contribution in [2.75, 3.05) is 59.8 Å². The molecule has 0 radical (unpaired) electrons. The van der Waals surface area contributed by atoms with Gasteiger partial charge in [-0.3, -0.25) is 5.01 Å². The Kier molecular flexibility index (Phi) is 12.7. The third kappa shape index (κ3) is 11.7. The third-order valence-electron chi connectivity index (χ3n) is 3.78. The molecule has 8 heteroatoms. The molecule has 0 aromatic heterocycles. The highest BCUT2D eigenvalue weighted by Crippen LogP contribution is 2.25. The monoisotopic (exact) mass is 421 g/mol. The second kappa shape index (κ2) is 14.7. The van der Waals surface area contributed by atoms with E-state index in [4.69, 9.17) is 18.9 Å². The van der Waals surface area contributed by atoms with Crippen molar-refractivity contribution in [3.8, 4) is 17.6 Å². The van der Waals surface area contributed by atoms with Gasteiger partial charge >= 0.3 is 0 Å². The summed E-state index contributed by atoms with van der Waals surface area (Å²) in [6.45, 7) is 11.8. The fraction of sp³-hybridized carbons (Fsp3) is 0.636. The van der Waals surface area contributed by atoms with Gasteiger partial charge in [0.05, 0.1) is 38.6 Å². The summed E-state index contributed by atoms with van der Waals surface area (Å²) in [6.07, 6.45) is 0. The number of benzene rings is 1. The van der Waals surface area contributed by atoms with Crippen LogP contribution in [0.2, 0.25) is 0 Å². The van der Waals surface area contributed by atoms with E-state index >= 15 is 0 Å². The molecule has 0 fully saturated rings. The van der Waals surface area contributed by atoms with Gasteiger partial charge in [0, 0.05) is 26.3 Å². The molecular formula is C22H35N3O5. The Morgan fingerprint density at radius 1 is 1.00 bits per heavy atom. The molecule has 0 saturated carbocycles. The Morgan fingerprint density at radius 3 is 2.23 bits per heavy atom. The van der Waals surface area contributed by atoms with Crippen LogP contribution in [-0.2, 0) is 14.2 Å². The maximum atomic E-state index is 9.88. The summed E-state index contributed by atoms with van der Waals surface area (Å²) in [6, 6.07) is 5.42. The first-order valence-electron chi connectivity index (χ1n) is 10.2. The van der Waals surface area contributed by atoms with Crippen molar-refractivity contribution in [2.24, 2.45) is 10.3 Å². The first-order chi connectivity index (χ1) is 14.4. The molecule has 1 aromatic carbocycles. The second-order valence-electron chi connectivity index (χ2n) is 6.88. The van der Waals surface area contributed by atoms with Gasteiger partial charge in [0.1, 0.15) is 23.6 Å². The Morgan fingerprint density at radius 2 is 1.63 bits per heavy atom. The molecule has 0 amide bonds. The van der Waals surface area contributed by atoms with Gasteiger partial charge in [-0.25, -0.2) is 0 Å². The van der Waals surface area contributed by atoms with Gasteiger partial charge in [0.2, 0.25) is 0 Å². The van der Waals surface area contributed by atoms with E-state index in [-0.39, 0.29) is 0 Å². The van der Waals surface area contributed by atoms with Gasteiger partial charge in [-0.05, 0) is 39.8 Å². The molecule has 0 spiro atoms. The van der Waals surface area contributed by atoms with Crippen LogP contribution in [0.1, 0.15) is 33.3 Å². The molecule has 168 valence electrons. The summed E-state index contributed by atoms with van der Waals surface area (Å²) in [5.41, 5.74) is 0.168. The van der Waals surface area contributed by atoms with Crippen molar-refractivity contribution >= 4 is 5.69 Å².